The molecule has 4 nitrogen and oxygen atoms in total. The van der Waals surface area contributed by atoms with Crippen molar-refractivity contribution < 1.29 is 4.79 Å². The number of aromatic nitrogens is 1. The molecule has 2 saturated heterocycles. The highest BCUT2D eigenvalue weighted by molar-refractivity contribution is 5.92. The van der Waals surface area contributed by atoms with Crippen molar-refractivity contribution in [3.8, 4) is 0 Å². The summed E-state index contributed by atoms with van der Waals surface area (Å²) < 4.78 is 1.93. The van der Waals surface area contributed by atoms with Gasteiger partial charge in [-0.3, -0.25) is 4.79 Å². The predicted molar refractivity (Wildman–Crippen MR) is 109 cm³/mol. The number of amides is 1. The number of carbonyl (C=O) groups is 1. The van der Waals surface area contributed by atoms with Gasteiger partial charge in [-0.1, -0.05) is 37.3 Å². The topological polar surface area (TPSA) is 28.5 Å². The second-order valence-corrected chi connectivity index (χ2v) is 8.44. The lowest BCUT2D eigenvalue weighted by Gasteiger charge is -2.50. The molecule has 2 aliphatic heterocycles. The third-order valence-electron chi connectivity index (χ3n) is 6.71. The second kappa shape index (κ2) is 7.51. The van der Waals surface area contributed by atoms with Crippen LogP contribution in [0.5, 0.6) is 0 Å². The number of benzene rings is 1. The van der Waals surface area contributed by atoms with E-state index >= 15 is 0 Å². The van der Waals surface area contributed by atoms with Crippen molar-refractivity contribution in [1.82, 2.24) is 14.4 Å². The highest BCUT2D eigenvalue weighted by atomic mass is 16.2. The number of likely N-dealkylation sites (tertiary alicyclic amines) is 2. The molecular weight excluding hydrogens is 334 g/mol. The molecule has 0 aliphatic carbocycles. The Hall–Kier alpha value is -2.07. The summed E-state index contributed by atoms with van der Waals surface area (Å²) in [5.74, 6) is 0.787. The van der Waals surface area contributed by atoms with Crippen molar-refractivity contribution in [2.24, 2.45) is 12.5 Å². The summed E-state index contributed by atoms with van der Waals surface area (Å²) in [6.45, 7) is 7.48. The summed E-state index contributed by atoms with van der Waals surface area (Å²) in [5, 5.41) is 0. The van der Waals surface area contributed by atoms with E-state index < -0.39 is 0 Å². The lowest BCUT2D eigenvalue weighted by Crippen LogP contribution is -2.52. The van der Waals surface area contributed by atoms with Gasteiger partial charge in [-0.25, -0.2) is 0 Å². The van der Waals surface area contributed by atoms with Crippen molar-refractivity contribution in [2.75, 3.05) is 32.7 Å². The van der Waals surface area contributed by atoms with E-state index in [9.17, 15) is 4.79 Å². The van der Waals surface area contributed by atoms with Crippen molar-refractivity contribution >= 4 is 5.91 Å². The number of rotatable bonds is 3. The first kappa shape index (κ1) is 18.3. The molecule has 1 atom stereocenters. The van der Waals surface area contributed by atoms with E-state index in [1.165, 1.54) is 18.5 Å². The van der Waals surface area contributed by atoms with E-state index in [-0.39, 0.29) is 5.91 Å². The fourth-order valence-corrected chi connectivity index (χ4v) is 5.08. The number of likely N-dealkylation sites (N-methyl/N-ethyl adjacent to an activating group) is 1. The Morgan fingerprint density at radius 2 is 1.85 bits per heavy atom. The Bertz CT molecular complexity index is 774. The number of hydrogen-bond donors (Lipinski definition) is 0. The van der Waals surface area contributed by atoms with Crippen LogP contribution >= 0.6 is 0 Å². The predicted octanol–water partition coefficient (Wildman–Crippen LogP) is 3.76. The Labute approximate surface area is 162 Å². The minimum absolute atomic E-state index is 0.181. The van der Waals surface area contributed by atoms with Gasteiger partial charge in [0.1, 0.15) is 5.69 Å². The number of piperidine rings is 2. The highest BCUT2D eigenvalue weighted by Crippen LogP contribution is 2.45. The molecule has 1 amide bonds. The lowest BCUT2D eigenvalue weighted by atomic mass is 9.68. The molecule has 1 spiro atoms. The van der Waals surface area contributed by atoms with Gasteiger partial charge in [0.15, 0.2) is 0 Å². The summed E-state index contributed by atoms with van der Waals surface area (Å²) in [4.78, 5) is 17.5. The summed E-state index contributed by atoms with van der Waals surface area (Å²) in [6, 6.07) is 14.9. The quantitative estimate of drug-likeness (QED) is 0.829. The first-order valence-electron chi connectivity index (χ1n) is 10.3. The molecule has 4 rings (SSSR count). The van der Waals surface area contributed by atoms with Crippen LogP contribution in [0.3, 0.4) is 0 Å². The molecule has 1 aromatic heterocycles. The van der Waals surface area contributed by atoms with Crippen LogP contribution in [0.4, 0.5) is 0 Å². The molecule has 4 heteroatoms. The molecular formula is C23H31N3O. The van der Waals surface area contributed by atoms with Crippen molar-refractivity contribution in [3.05, 3.63) is 59.9 Å². The Morgan fingerprint density at radius 1 is 1.11 bits per heavy atom. The van der Waals surface area contributed by atoms with Gasteiger partial charge in [0.05, 0.1) is 0 Å². The van der Waals surface area contributed by atoms with Crippen LogP contribution in [0, 0.1) is 5.41 Å². The number of carbonyl (C=O) groups excluding carboxylic acids is 1. The minimum atomic E-state index is 0.181. The SMILES string of the molecule is CCN1C[C@@H](c2ccccc2)CC2(CCN(C(=O)c3cccn3C)CC2)C1. The average Bonchev–Trinajstić information content (AvgIpc) is 3.14. The van der Waals surface area contributed by atoms with E-state index in [1.807, 2.05) is 29.9 Å². The first-order chi connectivity index (χ1) is 13.1. The third-order valence-corrected chi connectivity index (χ3v) is 6.71. The molecule has 144 valence electrons. The molecule has 2 fully saturated rings. The number of hydrogen-bond acceptors (Lipinski definition) is 2. The maximum absolute atomic E-state index is 12.9. The zero-order valence-corrected chi connectivity index (χ0v) is 16.6. The third kappa shape index (κ3) is 3.68. The molecule has 2 aromatic rings. The highest BCUT2D eigenvalue weighted by Gasteiger charge is 2.42. The monoisotopic (exact) mass is 365 g/mol. The molecule has 1 aromatic carbocycles. The standard InChI is InChI=1S/C23H31N3O/c1-3-25-17-20(19-8-5-4-6-9-19)16-23(18-25)11-14-26(15-12-23)22(27)21-10-7-13-24(21)2/h4-10,13,20H,3,11-12,14-18H2,1-2H3/t20-/m0/s1. The van der Waals surface area contributed by atoms with Crippen molar-refractivity contribution in [2.45, 2.75) is 32.1 Å². The van der Waals surface area contributed by atoms with Gasteiger partial charge in [0.2, 0.25) is 0 Å². The zero-order valence-electron chi connectivity index (χ0n) is 16.6. The molecule has 0 unspecified atom stereocenters. The normalized spacial score (nSPS) is 22.9. The summed E-state index contributed by atoms with van der Waals surface area (Å²) >= 11 is 0. The second-order valence-electron chi connectivity index (χ2n) is 8.44. The van der Waals surface area contributed by atoms with E-state index in [0.717, 1.165) is 44.7 Å². The number of nitrogens with zero attached hydrogens (tertiary/aromatic N) is 3. The fourth-order valence-electron chi connectivity index (χ4n) is 5.08. The van der Waals surface area contributed by atoms with Gasteiger partial charge < -0.3 is 14.4 Å². The largest absolute Gasteiger partial charge is 0.347 e. The first-order valence-corrected chi connectivity index (χ1v) is 10.3. The van der Waals surface area contributed by atoms with Crippen LogP contribution in [0.1, 0.15) is 48.2 Å². The van der Waals surface area contributed by atoms with Gasteiger partial charge in [0.25, 0.3) is 5.91 Å². The molecule has 2 aliphatic rings. The summed E-state index contributed by atoms with van der Waals surface area (Å²) in [6.07, 6.45) is 5.43. The van der Waals surface area contributed by atoms with E-state index in [0.29, 0.717) is 11.3 Å². The average molecular weight is 366 g/mol. The van der Waals surface area contributed by atoms with Crippen LogP contribution in [-0.4, -0.2) is 53.0 Å². The summed E-state index contributed by atoms with van der Waals surface area (Å²) in [5.41, 5.74) is 2.61. The maximum Gasteiger partial charge on any atom is 0.270 e. The van der Waals surface area contributed by atoms with Gasteiger partial charge >= 0.3 is 0 Å². The minimum Gasteiger partial charge on any atom is -0.347 e. The lowest BCUT2D eigenvalue weighted by molar-refractivity contribution is 0.0155. The van der Waals surface area contributed by atoms with E-state index in [2.05, 4.69) is 47.1 Å². The van der Waals surface area contributed by atoms with Gasteiger partial charge in [-0.2, -0.15) is 0 Å². The number of aryl methyl sites for hydroxylation is 1. The van der Waals surface area contributed by atoms with Crippen LogP contribution in [0.25, 0.3) is 0 Å². The molecule has 0 saturated carbocycles. The van der Waals surface area contributed by atoms with Crippen LogP contribution < -0.4 is 0 Å². The van der Waals surface area contributed by atoms with Crippen molar-refractivity contribution in [3.63, 3.8) is 0 Å². The zero-order chi connectivity index (χ0) is 18.9. The van der Waals surface area contributed by atoms with Crippen LogP contribution in [0.2, 0.25) is 0 Å². The molecule has 0 bridgehead atoms. The molecule has 0 N–H and O–H groups in total. The smallest absolute Gasteiger partial charge is 0.270 e. The molecule has 0 radical (unpaired) electrons. The Morgan fingerprint density at radius 3 is 2.48 bits per heavy atom. The van der Waals surface area contributed by atoms with Crippen LogP contribution in [-0.2, 0) is 7.05 Å². The van der Waals surface area contributed by atoms with E-state index in [1.54, 1.807) is 0 Å². The maximum atomic E-state index is 12.9. The van der Waals surface area contributed by atoms with Gasteiger partial charge in [-0.05, 0) is 54.8 Å². The van der Waals surface area contributed by atoms with Gasteiger partial charge in [0, 0.05) is 39.4 Å². The molecule has 3 heterocycles. The Kier molecular flexibility index (Phi) is 5.09. The fraction of sp³-hybridized carbons (Fsp3) is 0.522. The Balaban J connectivity index is 1.47. The van der Waals surface area contributed by atoms with Gasteiger partial charge in [-0.15, -0.1) is 0 Å². The van der Waals surface area contributed by atoms with E-state index in [4.69, 9.17) is 0 Å². The van der Waals surface area contributed by atoms with Crippen LogP contribution in [0.15, 0.2) is 48.7 Å². The molecule has 27 heavy (non-hydrogen) atoms. The summed E-state index contributed by atoms with van der Waals surface area (Å²) in [7, 11) is 1.95. The van der Waals surface area contributed by atoms with Crippen molar-refractivity contribution in [1.29, 1.82) is 0 Å².